The molecule has 3 rings (SSSR count). The van der Waals surface area contributed by atoms with E-state index >= 15 is 0 Å². The smallest absolute Gasteiger partial charge is 0.191 e. The van der Waals surface area contributed by atoms with Crippen molar-refractivity contribution in [2.24, 2.45) is 4.99 Å². The second-order valence-corrected chi connectivity index (χ2v) is 7.41. The molecule has 0 fully saturated rings. The van der Waals surface area contributed by atoms with E-state index in [4.69, 9.17) is 9.15 Å². The molecule has 0 amide bonds. The second kappa shape index (κ2) is 14.7. The summed E-state index contributed by atoms with van der Waals surface area (Å²) < 4.78 is 11.2. The standard InChI is InChI=1S/C25H32N4O2.HI/c1-26-25(27-14-16-30-20-21-9-4-3-5-10-21)28-17-22-11-6-7-12-23(22)18-29(2)19-24-13-8-15-31-24;/h3-13,15H,14,16-20H2,1-2H3,(H2,26,27,28);1H. The molecule has 0 bridgehead atoms. The van der Waals surface area contributed by atoms with E-state index in [0.717, 1.165) is 24.8 Å². The second-order valence-electron chi connectivity index (χ2n) is 7.41. The number of nitrogens with one attached hydrogen (secondary N) is 2. The largest absolute Gasteiger partial charge is 0.468 e. The normalized spacial score (nSPS) is 11.3. The topological polar surface area (TPSA) is 62.0 Å². The Morgan fingerprint density at radius 2 is 1.69 bits per heavy atom. The maximum Gasteiger partial charge on any atom is 0.191 e. The van der Waals surface area contributed by atoms with Crippen molar-refractivity contribution in [2.75, 3.05) is 27.2 Å². The molecule has 0 spiro atoms. The minimum atomic E-state index is 0. The zero-order chi connectivity index (χ0) is 21.7. The Morgan fingerprint density at radius 3 is 2.41 bits per heavy atom. The van der Waals surface area contributed by atoms with Crippen LogP contribution in [0.1, 0.15) is 22.5 Å². The molecule has 0 aliphatic rings. The van der Waals surface area contributed by atoms with E-state index in [9.17, 15) is 0 Å². The molecule has 0 radical (unpaired) electrons. The van der Waals surface area contributed by atoms with Crippen LogP contribution in [-0.2, 0) is 31.0 Å². The van der Waals surface area contributed by atoms with E-state index in [2.05, 4.69) is 64.0 Å². The number of guanidine groups is 1. The van der Waals surface area contributed by atoms with Crippen LogP contribution in [0.5, 0.6) is 0 Å². The van der Waals surface area contributed by atoms with Gasteiger partial charge in [0.05, 0.1) is 26.0 Å². The van der Waals surface area contributed by atoms with E-state index < -0.39 is 0 Å². The molecule has 2 aromatic carbocycles. The summed E-state index contributed by atoms with van der Waals surface area (Å²) in [6.07, 6.45) is 1.71. The highest BCUT2D eigenvalue weighted by Crippen LogP contribution is 2.13. The van der Waals surface area contributed by atoms with Crippen LogP contribution in [0, 0.1) is 0 Å². The quantitative estimate of drug-likeness (QED) is 0.161. The monoisotopic (exact) mass is 548 g/mol. The summed E-state index contributed by atoms with van der Waals surface area (Å²) in [6.45, 7) is 4.26. The summed E-state index contributed by atoms with van der Waals surface area (Å²) in [5.74, 6) is 1.74. The first-order chi connectivity index (χ1) is 15.2. The number of hydrogen-bond donors (Lipinski definition) is 2. The lowest BCUT2D eigenvalue weighted by molar-refractivity contribution is 0.125. The van der Waals surface area contributed by atoms with E-state index in [-0.39, 0.29) is 24.0 Å². The number of aliphatic imine (C=N–C) groups is 1. The fourth-order valence-corrected chi connectivity index (χ4v) is 3.30. The van der Waals surface area contributed by atoms with Gasteiger partial charge in [0.1, 0.15) is 5.76 Å². The molecule has 0 atom stereocenters. The van der Waals surface area contributed by atoms with Gasteiger partial charge in [-0.1, -0.05) is 54.6 Å². The molecule has 2 N–H and O–H groups in total. The average Bonchev–Trinajstić information content (AvgIpc) is 3.30. The summed E-state index contributed by atoms with van der Waals surface area (Å²) in [4.78, 5) is 6.56. The van der Waals surface area contributed by atoms with Crippen molar-refractivity contribution in [3.05, 3.63) is 95.4 Å². The molecular formula is C25H33IN4O2. The molecule has 32 heavy (non-hydrogen) atoms. The van der Waals surface area contributed by atoms with Crippen LogP contribution in [-0.4, -0.2) is 38.1 Å². The lowest BCUT2D eigenvalue weighted by Gasteiger charge is -2.19. The van der Waals surface area contributed by atoms with Gasteiger partial charge < -0.3 is 19.8 Å². The van der Waals surface area contributed by atoms with Gasteiger partial charge >= 0.3 is 0 Å². The molecular weight excluding hydrogens is 515 g/mol. The molecule has 6 nitrogen and oxygen atoms in total. The van der Waals surface area contributed by atoms with Gasteiger partial charge in [-0.2, -0.15) is 0 Å². The van der Waals surface area contributed by atoms with Crippen molar-refractivity contribution in [1.82, 2.24) is 15.5 Å². The number of furan rings is 1. The molecule has 0 aliphatic heterocycles. The van der Waals surface area contributed by atoms with Crippen molar-refractivity contribution in [3.8, 4) is 0 Å². The number of benzene rings is 2. The zero-order valence-electron chi connectivity index (χ0n) is 18.8. The highest BCUT2D eigenvalue weighted by Gasteiger charge is 2.08. The van der Waals surface area contributed by atoms with E-state index in [0.29, 0.717) is 26.3 Å². The molecule has 1 heterocycles. The Kier molecular flexibility index (Phi) is 11.9. The van der Waals surface area contributed by atoms with Gasteiger partial charge in [0.15, 0.2) is 5.96 Å². The van der Waals surface area contributed by atoms with Crippen molar-refractivity contribution in [3.63, 3.8) is 0 Å². The highest BCUT2D eigenvalue weighted by molar-refractivity contribution is 14.0. The lowest BCUT2D eigenvalue weighted by atomic mass is 10.1. The van der Waals surface area contributed by atoms with Crippen LogP contribution in [0.4, 0.5) is 0 Å². The highest BCUT2D eigenvalue weighted by atomic mass is 127. The van der Waals surface area contributed by atoms with E-state index in [1.54, 1.807) is 13.3 Å². The fraction of sp³-hybridized carbons (Fsp3) is 0.320. The van der Waals surface area contributed by atoms with Crippen LogP contribution in [0.2, 0.25) is 0 Å². The first-order valence-corrected chi connectivity index (χ1v) is 10.6. The minimum Gasteiger partial charge on any atom is -0.468 e. The molecule has 172 valence electrons. The van der Waals surface area contributed by atoms with Gasteiger partial charge in [-0.15, -0.1) is 24.0 Å². The third-order valence-corrected chi connectivity index (χ3v) is 4.88. The molecule has 0 saturated carbocycles. The lowest BCUT2D eigenvalue weighted by Crippen LogP contribution is -2.38. The molecule has 0 aliphatic carbocycles. The SMILES string of the molecule is CN=C(NCCOCc1ccccc1)NCc1ccccc1CN(C)Cc1ccco1.I. The van der Waals surface area contributed by atoms with Crippen molar-refractivity contribution < 1.29 is 9.15 Å². The van der Waals surface area contributed by atoms with Crippen LogP contribution >= 0.6 is 24.0 Å². The first kappa shape index (κ1) is 25.9. The van der Waals surface area contributed by atoms with Crippen molar-refractivity contribution >= 4 is 29.9 Å². The van der Waals surface area contributed by atoms with E-state index in [1.807, 2.05) is 30.3 Å². The van der Waals surface area contributed by atoms with Gasteiger partial charge in [0.2, 0.25) is 0 Å². The third-order valence-electron chi connectivity index (χ3n) is 4.88. The van der Waals surface area contributed by atoms with Gasteiger partial charge in [-0.25, -0.2) is 0 Å². The summed E-state index contributed by atoms with van der Waals surface area (Å²) in [5, 5.41) is 6.71. The predicted octanol–water partition coefficient (Wildman–Crippen LogP) is 4.41. The molecule has 1 aromatic heterocycles. The number of ether oxygens (including phenoxy) is 1. The summed E-state index contributed by atoms with van der Waals surface area (Å²) in [6, 6.07) is 22.6. The Labute approximate surface area is 208 Å². The van der Waals surface area contributed by atoms with Gasteiger partial charge in [-0.3, -0.25) is 9.89 Å². The van der Waals surface area contributed by atoms with Gasteiger partial charge in [0.25, 0.3) is 0 Å². The molecule has 7 heteroatoms. The Hall–Kier alpha value is -2.36. The zero-order valence-corrected chi connectivity index (χ0v) is 21.1. The Bertz CT molecular complexity index is 917. The molecule has 3 aromatic rings. The van der Waals surface area contributed by atoms with E-state index in [1.165, 1.54) is 16.7 Å². The van der Waals surface area contributed by atoms with Crippen LogP contribution in [0.25, 0.3) is 0 Å². The predicted molar refractivity (Wildman–Crippen MR) is 140 cm³/mol. The van der Waals surface area contributed by atoms with Crippen LogP contribution < -0.4 is 10.6 Å². The van der Waals surface area contributed by atoms with Crippen LogP contribution in [0.3, 0.4) is 0 Å². The minimum absolute atomic E-state index is 0. The number of hydrogen-bond acceptors (Lipinski definition) is 4. The summed E-state index contributed by atoms with van der Waals surface area (Å²) in [5.41, 5.74) is 3.71. The Morgan fingerprint density at radius 1 is 0.938 bits per heavy atom. The Balaban J connectivity index is 0.00000363. The first-order valence-electron chi connectivity index (χ1n) is 10.6. The van der Waals surface area contributed by atoms with Crippen LogP contribution in [0.15, 0.2) is 82.4 Å². The third kappa shape index (κ3) is 9.02. The molecule has 0 unspecified atom stereocenters. The van der Waals surface area contributed by atoms with Gasteiger partial charge in [-0.05, 0) is 35.9 Å². The summed E-state index contributed by atoms with van der Waals surface area (Å²) in [7, 11) is 3.88. The fourth-order valence-electron chi connectivity index (χ4n) is 3.30. The maximum atomic E-state index is 5.72. The number of nitrogens with zero attached hydrogens (tertiary/aromatic N) is 2. The average molecular weight is 548 g/mol. The van der Waals surface area contributed by atoms with Gasteiger partial charge in [0, 0.05) is 26.7 Å². The number of halogens is 1. The maximum absolute atomic E-state index is 5.72. The number of rotatable bonds is 11. The van der Waals surface area contributed by atoms with Crippen molar-refractivity contribution in [2.45, 2.75) is 26.2 Å². The molecule has 0 saturated heterocycles. The van der Waals surface area contributed by atoms with Crippen molar-refractivity contribution in [1.29, 1.82) is 0 Å². The summed E-state index contributed by atoms with van der Waals surface area (Å²) >= 11 is 0.